The molecular weight excluding hydrogens is 250 g/mol. The number of nitriles is 1. The van der Waals surface area contributed by atoms with E-state index in [0.717, 1.165) is 0 Å². The lowest BCUT2D eigenvalue weighted by atomic mass is 10.1. The maximum absolute atomic E-state index is 12.1. The SMILES string of the molecule is CN(CCC#N)C(=O)c1cccc(NN)c1[N+](=O)[O-]. The number of carbonyl (C=O) groups excluding carboxylic acids is 1. The molecule has 0 radical (unpaired) electrons. The Morgan fingerprint density at radius 1 is 1.63 bits per heavy atom. The molecule has 0 saturated heterocycles. The van der Waals surface area contributed by atoms with Crippen LogP contribution in [0.5, 0.6) is 0 Å². The monoisotopic (exact) mass is 263 g/mol. The van der Waals surface area contributed by atoms with Gasteiger partial charge in [0.15, 0.2) is 0 Å². The van der Waals surface area contributed by atoms with Crippen LogP contribution in [0.1, 0.15) is 16.8 Å². The number of nitro benzene ring substituents is 1. The second kappa shape index (κ2) is 6.32. The minimum atomic E-state index is -0.666. The van der Waals surface area contributed by atoms with Gasteiger partial charge in [-0.25, -0.2) is 0 Å². The lowest BCUT2D eigenvalue weighted by Crippen LogP contribution is -2.28. The summed E-state index contributed by atoms with van der Waals surface area (Å²) in [5, 5.41) is 19.5. The van der Waals surface area contributed by atoms with E-state index in [4.69, 9.17) is 11.1 Å². The molecule has 1 aromatic rings. The van der Waals surface area contributed by atoms with Crippen molar-refractivity contribution in [1.29, 1.82) is 5.26 Å². The van der Waals surface area contributed by atoms with Gasteiger partial charge in [0.1, 0.15) is 11.3 Å². The number of nitrogens with two attached hydrogens (primary N) is 1. The maximum Gasteiger partial charge on any atom is 0.306 e. The molecule has 0 fully saturated rings. The molecular formula is C11H13N5O3. The number of rotatable bonds is 5. The minimum absolute atomic E-state index is 0.0598. The van der Waals surface area contributed by atoms with Crippen LogP contribution in [0, 0.1) is 21.4 Å². The van der Waals surface area contributed by atoms with Crippen molar-refractivity contribution < 1.29 is 9.72 Å². The van der Waals surface area contributed by atoms with Gasteiger partial charge < -0.3 is 10.3 Å². The first-order valence-electron chi connectivity index (χ1n) is 5.39. The van der Waals surface area contributed by atoms with Gasteiger partial charge in [-0.1, -0.05) is 6.07 Å². The van der Waals surface area contributed by atoms with Gasteiger partial charge in [-0.3, -0.25) is 20.8 Å². The largest absolute Gasteiger partial charge is 0.340 e. The van der Waals surface area contributed by atoms with Gasteiger partial charge in [-0.15, -0.1) is 0 Å². The number of para-hydroxylation sites is 1. The van der Waals surface area contributed by atoms with E-state index in [1.54, 1.807) is 0 Å². The number of hydrazine groups is 1. The first-order chi connectivity index (χ1) is 9.02. The van der Waals surface area contributed by atoms with Gasteiger partial charge in [0.2, 0.25) is 0 Å². The number of nitrogen functional groups attached to an aromatic ring is 1. The van der Waals surface area contributed by atoms with Crippen LogP contribution in [0.15, 0.2) is 18.2 Å². The van der Waals surface area contributed by atoms with Gasteiger partial charge >= 0.3 is 5.69 Å². The van der Waals surface area contributed by atoms with Crippen molar-refractivity contribution in [3.8, 4) is 6.07 Å². The van der Waals surface area contributed by atoms with Gasteiger partial charge in [0, 0.05) is 13.6 Å². The van der Waals surface area contributed by atoms with Crippen LogP contribution in [0.2, 0.25) is 0 Å². The molecule has 1 aromatic carbocycles. The number of amides is 1. The standard InChI is InChI=1S/C11H13N5O3/c1-15(7-3-6-12)11(17)8-4-2-5-9(14-13)10(8)16(18)19/h2,4-5,14H,3,7,13H2,1H3. The van der Waals surface area contributed by atoms with E-state index >= 15 is 0 Å². The molecule has 8 heteroatoms. The van der Waals surface area contributed by atoms with E-state index < -0.39 is 10.8 Å². The zero-order chi connectivity index (χ0) is 14.4. The minimum Gasteiger partial charge on any atom is -0.340 e. The predicted octanol–water partition coefficient (Wildman–Crippen LogP) is 0.866. The quantitative estimate of drug-likeness (QED) is 0.461. The van der Waals surface area contributed by atoms with E-state index in [1.807, 2.05) is 6.07 Å². The third-order valence-corrected chi connectivity index (χ3v) is 2.51. The number of hydrogen-bond donors (Lipinski definition) is 2. The summed E-state index contributed by atoms with van der Waals surface area (Å²) in [5.74, 6) is 4.66. The van der Waals surface area contributed by atoms with Crippen molar-refractivity contribution in [3.63, 3.8) is 0 Å². The van der Waals surface area contributed by atoms with Gasteiger partial charge in [0.05, 0.1) is 17.4 Å². The second-order valence-corrected chi connectivity index (χ2v) is 3.74. The highest BCUT2D eigenvalue weighted by Crippen LogP contribution is 2.28. The summed E-state index contributed by atoms with van der Waals surface area (Å²) in [4.78, 5) is 23.7. The van der Waals surface area contributed by atoms with Crippen LogP contribution in [-0.2, 0) is 0 Å². The van der Waals surface area contributed by atoms with Crippen molar-refractivity contribution in [2.24, 2.45) is 5.84 Å². The Hall–Kier alpha value is -2.66. The highest BCUT2D eigenvalue weighted by Gasteiger charge is 2.25. The third kappa shape index (κ3) is 3.17. The van der Waals surface area contributed by atoms with Crippen molar-refractivity contribution in [2.45, 2.75) is 6.42 Å². The van der Waals surface area contributed by atoms with Gasteiger partial charge in [0.25, 0.3) is 5.91 Å². The van der Waals surface area contributed by atoms with E-state index in [-0.39, 0.29) is 29.9 Å². The Balaban J connectivity index is 3.16. The Labute approximate surface area is 109 Å². The molecule has 1 rings (SSSR count). The number of anilines is 1. The summed E-state index contributed by atoms with van der Waals surface area (Å²) >= 11 is 0. The van der Waals surface area contributed by atoms with Crippen LogP contribution in [0.25, 0.3) is 0 Å². The Bertz CT molecular complexity index is 538. The molecule has 0 saturated carbocycles. The molecule has 0 heterocycles. The normalized spacial score (nSPS) is 9.53. The predicted molar refractivity (Wildman–Crippen MR) is 68.1 cm³/mol. The molecule has 0 aliphatic carbocycles. The molecule has 100 valence electrons. The zero-order valence-electron chi connectivity index (χ0n) is 10.3. The van der Waals surface area contributed by atoms with Crippen molar-refractivity contribution in [3.05, 3.63) is 33.9 Å². The van der Waals surface area contributed by atoms with Crippen molar-refractivity contribution in [2.75, 3.05) is 19.0 Å². The zero-order valence-corrected chi connectivity index (χ0v) is 10.3. The molecule has 0 spiro atoms. The first kappa shape index (κ1) is 14.4. The fourth-order valence-corrected chi connectivity index (χ4v) is 1.55. The summed E-state index contributed by atoms with van der Waals surface area (Å²) < 4.78 is 0. The van der Waals surface area contributed by atoms with Crippen molar-refractivity contribution in [1.82, 2.24) is 4.90 Å². The Kier molecular flexibility index (Phi) is 4.79. The maximum atomic E-state index is 12.1. The molecule has 0 aromatic heterocycles. The molecule has 1 amide bonds. The Morgan fingerprint density at radius 2 is 2.32 bits per heavy atom. The lowest BCUT2D eigenvalue weighted by Gasteiger charge is -2.16. The molecule has 0 unspecified atom stereocenters. The summed E-state index contributed by atoms with van der Waals surface area (Å²) in [5.41, 5.74) is 1.80. The van der Waals surface area contributed by atoms with E-state index in [2.05, 4.69) is 5.43 Å². The number of nitrogens with one attached hydrogen (secondary N) is 1. The molecule has 3 N–H and O–H groups in total. The van der Waals surface area contributed by atoms with E-state index in [0.29, 0.717) is 0 Å². The van der Waals surface area contributed by atoms with Crippen LogP contribution in [0.4, 0.5) is 11.4 Å². The molecule has 0 aliphatic heterocycles. The van der Waals surface area contributed by atoms with Gasteiger partial charge in [-0.05, 0) is 12.1 Å². The highest BCUT2D eigenvalue weighted by molar-refractivity contribution is 6.00. The number of benzene rings is 1. The molecule has 0 atom stereocenters. The lowest BCUT2D eigenvalue weighted by molar-refractivity contribution is -0.384. The average molecular weight is 263 g/mol. The first-order valence-corrected chi connectivity index (χ1v) is 5.39. The molecule has 19 heavy (non-hydrogen) atoms. The van der Waals surface area contributed by atoms with Crippen LogP contribution in [-0.4, -0.2) is 29.3 Å². The summed E-state index contributed by atoms with van der Waals surface area (Å²) in [7, 11) is 1.48. The smallest absolute Gasteiger partial charge is 0.306 e. The van der Waals surface area contributed by atoms with E-state index in [9.17, 15) is 14.9 Å². The van der Waals surface area contributed by atoms with E-state index in [1.165, 1.54) is 30.1 Å². The second-order valence-electron chi connectivity index (χ2n) is 3.74. The third-order valence-electron chi connectivity index (χ3n) is 2.51. The van der Waals surface area contributed by atoms with Crippen LogP contribution < -0.4 is 11.3 Å². The topological polar surface area (TPSA) is 125 Å². The number of hydrogen-bond acceptors (Lipinski definition) is 6. The summed E-state index contributed by atoms with van der Waals surface area (Å²) in [6.07, 6.45) is 0.158. The van der Waals surface area contributed by atoms with Crippen molar-refractivity contribution >= 4 is 17.3 Å². The number of carbonyl (C=O) groups is 1. The number of nitrogens with zero attached hydrogens (tertiary/aromatic N) is 3. The molecule has 8 nitrogen and oxygen atoms in total. The Morgan fingerprint density at radius 3 is 2.84 bits per heavy atom. The van der Waals surface area contributed by atoms with Crippen LogP contribution in [0.3, 0.4) is 0 Å². The summed E-state index contributed by atoms with van der Waals surface area (Å²) in [6, 6.07) is 6.16. The van der Waals surface area contributed by atoms with Gasteiger partial charge in [-0.2, -0.15) is 5.26 Å². The molecule has 0 bridgehead atoms. The fourth-order valence-electron chi connectivity index (χ4n) is 1.55. The molecule has 0 aliphatic rings. The van der Waals surface area contributed by atoms with Crippen LogP contribution >= 0.6 is 0 Å². The average Bonchev–Trinajstić information content (AvgIpc) is 2.42. The summed E-state index contributed by atoms with van der Waals surface area (Å²) in [6.45, 7) is 0.201. The number of nitro groups is 1. The fraction of sp³-hybridized carbons (Fsp3) is 0.273. The highest BCUT2D eigenvalue weighted by atomic mass is 16.6.